The van der Waals surface area contributed by atoms with Crippen LogP contribution < -0.4 is 10.5 Å². The number of hydrogen-bond donors (Lipinski definition) is 1. The summed E-state index contributed by atoms with van der Waals surface area (Å²) in [6.45, 7) is 9.27. The van der Waals surface area contributed by atoms with E-state index < -0.39 is 0 Å². The molecule has 2 nitrogen and oxygen atoms in total. The van der Waals surface area contributed by atoms with Crippen molar-refractivity contribution >= 4 is 0 Å². The first-order chi connectivity index (χ1) is 8.08. The second-order valence-electron chi connectivity index (χ2n) is 5.01. The van der Waals surface area contributed by atoms with Crippen LogP contribution in [-0.2, 0) is 0 Å². The van der Waals surface area contributed by atoms with E-state index in [4.69, 9.17) is 10.5 Å². The fourth-order valence-corrected chi connectivity index (χ4v) is 1.74. The van der Waals surface area contributed by atoms with E-state index in [1.807, 2.05) is 12.1 Å². The molecule has 96 valence electrons. The highest BCUT2D eigenvalue weighted by Gasteiger charge is 2.13. The van der Waals surface area contributed by atoms with Gasteiger partial charge in [0.05, 0.1) is 0 Å². The third kappa shape index (κ3) is 4.04. The van der Waals surface area contributed by atoms with Crippen molar-refractivity contribution in [2.45, 2.75) is 46.1 Å². The molecule has 2 atom stereocenters. The normalized spacial score (nSPS) is 14.7. The minimum absolute atomic E-state index is 0.101. The SMILES string of the molecule is CCC(C)c1ccc(OC(CN)C(C)C)cc1. The van der Waals surface area contributed by atoms with Crippen molar-refractivity contribution in [1.82, 2.24) is 0 Å². The van der Waals surface area contributed by atoms with Crippen LogP contribution in [0.3, 0.4) is 0 Å². The van der Waals surface area contributed by atoms with Gasteiger partial charge in [-0.15, -0.1) is 0 Å². The predicted octanol–water partition coefficient (Wildman–Crippen LogP) is 3.56. The molecule has 0 radical (unpaired) electrons. The van der Waals surface area contributed by atoms with E-state index in [0.717, 1.165) is 12.2 Å². The smallest absolute Gasteiger partial charge is 0.119 e. The standard InChI is InChI=1S/C15H25NO/c1-5-12(4)13-6-8-14(9-7-13)17-15(10-16)11(2)3/h6-9,11-12,15H,5,10,16H2,1-4H3. The Hall–Kier alpha value is -1.02. The van der Waals surface area contributed by atoms with Crippen LogP contribution in [0.15, 0.2) is 24.3 Å². The molecule has 1 aromatic carbocycles. The van der Waals surface area contributed by atoms with Gasteiger partial charge in [0.1, 0.15) is 11.9 Å². The molecule has 0 bridgehead atoms. The fraction of sp³-hybridized carbons (Fsp3) is 0.600. The van der Waals surface area contributed by atoms with Gasteiger partial charge in [-0.3, -0.25) is 0 Å². The van der Waals surface area contributed by atoms with Crippen LogP contribution in [0.2, 0.25) is 0 Å². The molecule has 0 fully saturated rings. The van der Waals surface area contributed by atoms with Gasteiger partial charge < -0.3 is 10.5 Å². The molecule has 0 amide bonds. The minimum Gasteiger partial charge on any atom is -0.489 e. The van der Waals surface area contributed by atoms with Gasteiger partial charge in [0.15, 0.2) is 0 Å². The van der Waals surface area contributed by atoms with Gasteiger partial charge in [0.2, 0.25) is 0 Å². The molecule has 0 aliphatic rings. The molecular formula is C15H25NO. The Labute approximate surface area is 105 Å². The Kier molecular flexibility index (Phi) is 5.49. The lowest BCUT2D eigenvalue weighted by Crippen LogP contribution is -2.31. The highest BCUT2D eigenvalue weighted by Crippen LogP contribution is 2.22. The number of nitrogens with two attached hydrogens (primary N) is 1. The molecular weight excluding hydrogens is 210 g/mol. The third-order valence-electron chi connectivity index (χ3n) is 3.32. The van der Waals surface area contributed by atoms with E-state index in [0.29, 0.717) is 18.4 Å². The van der Waals surface area contributed by atoms with Crippen molar-refractivity contribution < 1.29 is 4.74 Å². The molecule has 1 rings (SSSR count). The molecule has 0 saturated carbocycles. The third-order valence-corrected chi connectivity index (χ3v) is 3.32. The fourth-order valence-electron chi connectivity index (χ4n) is 1.74. The van der Waals surface area contributed by atoms with E-state index in [1.54, 1.807) is 0 Å². The number of rotatable bonds is 6. The topological polar surface area (TPSA) is 35.2 Å². The van der Waals surface area contributed by atoms with Crippen LogP contribution in [-0.4, -0.2) is 12.6 Å². The second-order valence-corrected chi connectivity index (χ2v) is 5.01. The maximum absolute atomic E-state index is 5.87. The van der Waals surface area contributed by atoms with Crippen LogP contribution in [0.5, 0.6) is 5.75 Å². The summed E-state index contributed by atoms with van der Waals surface area (Å²) >= 11 is 0. The van der Waals surface area contributed by atoms with Crippen LogP contribution in [0, 0.1) is 5.92 Å². The molecule has 0 saturated heterocycles. The van der Waals surface area contributed by atoms with Crippen LogP contribution in [0.1, 0.15) is 45.6 Å². The summed E-state index contributed by atoms with van der Waals surface area (Å²) in [6, 6.07) is 8.40. The lowest BCUT2D eigenvalue weighted by Gasteiger charge is -2.21. The van der Waals surface area contributed by atoms with Crippen LogP contribution >= 0.6 is 0 Å². The minimum atomic E-state index is 0.101. The first-order valence-corrected chi connectivity index (χ1v) is 6.55. The van der Waals surface area contributed by atoms with Gasteiger partial charge in [-0.1, -0.05) is 39.8 Å². The summed E-state index contributed by atoms with van der Waals surface area (Å²) in [5.41, 5.74) is 7.07. The second kappa shape index (κ2) is 6.65. The van der Waals surface area contributed by atoms with Crippen LogP contribution in [0.25, 0.3) is 0 Å². The summed E-state index contributed by atoms with van der Waals surface area (Å²) in [4.78, 5) is 0. The lowest BCUT2D eigenvalue weighted by atomic mass is 9.99. The Balaban J connectivity index is 2.67. The molecule has 0 aromatic heterocycles. The highest BCUT2D eigenvalue weighted by atomic mass is 16.5. The molecule has 0 spiro atoms. The predicted molar refractivity (Wildman–Crippen MR) is 73.5 cm³/mol. The van der Waals surface area contributed by atoms with E-state index in [2.05, 4.69) is 39.8 Å². The van der Waals surface area contributed by atoms with Crippen molar-refractivity contribution in [2.24, 2.45) is 11.7 Å². The van der Waals surface area contributed by atoms with Gasteiger partial charge in [0.25, 0.3) is 0 Å². The first-order valence-electron chi connectivity index (χ1n) is 6.55. The molecule has 2 heteroatoms. The average Bonchev–Trinajstić information content (AvgIpc) is 2.35. The maximum atomic E-state index is 5.87. The number of benzene rings is 1. The zero-order valence-electron chi connectivity index (χ0n) is 11.4. The molecule has 1 aromatic rings. The summed E-state index contributed by atoms with van der Waals surface area (Å²) in [5, 5.41) is 0. The van der Waals surface area contributed by atoms with Crippen molar-refractivity contribution in [1.29, 1.82) is 0 Å². The van der Waals surface area contributed by atoms with Crippen molar-refractivity contribution in [2.75, 3.05) is 6.54 Å². The van der Waals surface area contributed by atoms with Gasteiger partial charge >= 0.3 is 0 Å². The Morgan fingerprint density at radius 2 is 1.71 bits per heavy atom. The van der Waals surface area contributed by atoms with E-state index in [1.165, 1.54) is 5.56 Å². The Morgan fingerprint density at radius 1 is 1.12 bits per heavy atom. The molecule has 17 heavy (non-hydrogen) atoms. The van der Waals surface area contributed by atoms with Gasteiger partial charge in [-0.25, -0.2) is 0 Å². The largest absolute Gasteiger partial charge is 0.489 e. The lowest BCUT2D eigenvalue weighted by molar-refractivity contribution is 0.159. The average molecular weight is 235 g/mol. The van der Waals surface area contributed by atoms with Crippen LogP contribution in [0.4, 0.5) is 0 Å². The first kappa shape index (κ1) is 14.0. The van der Waals surface area contributed by atoms with Gasteiger partial charge in [-0.05, 0) is 36.0 Å². The summed E-state index contributed by atoms with van der Waals surface area (Å²) < 4.78 is 5.87. The molecule has 0 heterocycles. The highest BCUT2D eigenvalue weighted by molar-refractivity contribution is 5.29. The van der Waals surface area contributed by atoms with Crippen molar-refractivity contribution in [3.05, 3.63) is 29.8 Å². The zero-order chi connectivity index (χ0) is 12.8. The molecule has 0 aliphatic heterocycles. The maximum Gasteiger partial charge on any atom is 0.119 e. The van der Waals surface area contributed by atoms with E-state index in [9.17, 15) is 0 Å². The summed E-state index contributed by atoms with van der Waals surface area (Å²) in [6.07, 6.45) is 1.27. The molecule has 2 unspecified atom stereocenters. The monoisotopic (exact) mass is 235 g/mol. The number of hydrogen-bond acceptors (Lipinski definition) is 2. The quantitative estimate of drug-likeness (QED) is 0.818. The van der Waals surface area contributed by atoms with E-state index >= 15 is 0 Å². The van der Waals surface area contributed by atoms with Crippen molar-refractivity contribution in [3.63, 3.8) is 0 Å². The summed E-state index contributed by atoms with van der Waals surface area (Å²) in [5.74, 6) is 1.97. The molecule has 0 aliphatic carbocycles. The van der Waals surface area contributed by atoms with E-state index in [-0.39, 0.29) is 6.10 Å². The Morgan fingerprint density at radius 3 is 2.12 bits per heavy atom. The number of ether oxygens (including phenoxy) is 1. The summed E-state index contributed by atoms with van der Waals surface area (Å²) in [7, 11) is 0. The zero-order valence-corrected chi connectivity index (χ0v) is 11.4. The Bertz CT molecular complexity index is 318. The molecule has 2 N–H and O–H groups in total. The van der Waals surface area contributed by atoms with Gasteiger partial charge in [-0.2, -0.15) is 0 Å². The van der Waals surface area contributed by atoms with Gasteiger partial charge in [0, 0.05) is 6.54 Å². The van der Waals surface area contributed by atoms with Crippen molar-refractivity contribution in [3.8, 4) is 5.75 Å².